The SMILES string of the molecule is CN(CC(O)c1ccccc1)C(C(N)=O)c1cccc(F)c1. The van der Waals surface area contributed by atoms with Crippen LogP contribution in [0.2, 0.25) is 0 Å². The molecule has 116 valence electrons. The second-order valence-corrected chi connectivity index (χ2v) is 5.23. The van der Waals surface area contributed by atoms with Gasteiger partial charge in [-0.2, -0.15) is 0 Å². The summed E-state index contributed by atoms with van der Waals surface area (Å²) in [5.41, 5.74) is 6.66. The maximum atomic E-state index is 13.4. The van der Waals surface area contributed by atoms with E-state index in [0.29, 0.717) is 5.56 Å². The number of carbonyl (C=O) groups is 1. The smallest absolute Gasteiger partial charge is 0.239 e. The Hall–Kier alpha value is -2.24. The first kappa shape index (κ1) is 16.1. The van der Waals surface area contributed by atoms with Crippen molar-refractivity contribution in [1.82, 2.24) is 4.90 Å². The van der Waals surface area contributed by atoms with Gasteiger partial charge in [0.2, 0.25) is 5.91 Å². The lowest BCUT2D eigenvalue weighted by atomic mass is 10.0. The highest BCUT2D eigenvalue weighted by molar-refractivity contribution is 5.81. The predicted octanol–water partition coefficient (Wildman–Crippen LogP) is 2.02. The number of carbonyl (C=O) groups excluding carboxylic acids is 1. The highest BCUT2D eigenvalue weighted by Gasteiger charge is 2.25. The molecule has 2 aromatic carbocycles. The summed E-state index contributed by atoms with van der Waals surface area (Å²) in [6.07, 6.45) is -0.762. The van der Waals surface area contributed by atoms with Crippen molar-refractivity contribution in [2.24, 2.45) is 5.73 Å². The number of benzene rings is 2. The van der Waals surface area contributed by atoms with Gasteiger partial charge < -0.3 is 10.8 Å². The van der Waals surface area contributed by atoms with Crippen LogP contribution in [0.15, 0.2) is 54.6 Å². The van der Waals surface area contributed by atoms with E-state index in [1.54, 1.807) is 30.1 Å². The molecule has 0 fully saturated rings. The van der Waals surface area contributed by atoms with Crippen LogP contribution in [0.3, 0.4) is 0 Å². The molecular weight excluding hydrogens is 283 g/mol. The zero-order valence-electron chi connectivity index (χ0n) is 12.3. The van der Waals surface area contributed by atoms with Crippen LogP contribution < -0.4 is 5.73 Å². The minimum Gasteiger partial charge on any atom is -0.387 e. The van der Waals surface area contributed by atoms with E-state index in [9.17, 15) is 14.3 Å². The lowest BCUT2D eigenvalue weighted by Crippen LogP contribution is -2.37. The molecule has 0 radical (unpaired) electrons. The number of hydrogen-bond donors (Lipinski definition) is 2. The first-order valence-electron chi connectivity index (χ1n) is 6.97. The van der Waals surface area contributed by atoms with Gasteiger partial charge >= 0.3 is 0 Å². The molecule has 0 saturated carbocycles. The van der Waals surface area contributed by atoms with E-state index in [-0.39, 0.29) is 6.54 Å². The van der Waals surface area contributed by atoms with Gasteiger partial charge in [0.25, 0.3) is 0 Å². The van der Waals surface area contributed by atoms with Crippen LogP contribution in [-0.2, 0) is 4.79 Å². The minimum atomic E-state index is -0.797. The maximum absolute atomic E-state index is 13.4. The largest absolute Gasteiger partial charge is 0.387 e. The summed E-state index contributed by atoms with van der Waals surface area (Å²) in [6.45, 7) is 0.203. The van der Waals surface area contributed by atoms with E-state index >= 15 is 0 Å². The van der Waals surface area contributed by atoms with Crippen LogP contribution in [0.1, 0.15) is 23.3 Å². The van der Waals surface area contributed by atoms with Gasteiger partial charge in [0.05, 0.1) is 6.10 Å². The van der Waals surface area contributed by atoms with Crippen molar-refractivity contribution < 1.29 is 14.3 Å². The van der Waals surface area contributed by atoms with Gasteiger partial charge in [-0.05, 0) is 30.3 Å². The first-order valence-corrected chi connectivity index (χ1v) is 6.97. The molecule has 0 aromatic heterocycles. The third-order valence-electron chi connectivity index (χ3n) is 3.52. The van der Waals surface area contributed by atoms with Crippen LogP contribution in [0, 0.1) is 5.82 Å². The van der Waals surface area contributed by atoms with Crippen molar-refractivity contribution in [2.45, 2.75) is 12.1 Å². The molecule has 3 N–H and O–H groups in total. The van der Waals surface area contributed by atoms with E-state index in [0.717, 1.165) is 5.56 Å². The Kier molecular flexibility index (Phi) is 5.25. The molecule has 2 aromatic rings. The molecule has 22 heavy (non-hydrogen) atoms. The normalized spacial score (nSPS) is 13.8. The quantitative estimate of drug-likeness (QED) is 0.858. The summed E-state index contributed by atoms with van der Waals surface area (Å²) in [7, 11) is 1.67. The maximum Gasteiger partial charge on any atom is 0.239 e. The Balaban J connectivity index is 2.17. The number of rotatable bonds is 6. The monoisotopic (exact) mass is 302 g/mol. The van der Waals surface area contributed by atoms with Gasteiger partial charge in [0.1, 0.15) is 11.9 Å². The van der Waals surface area contributed by atoms with Crippen LogP contribution in [-0.4, -0.2) is 29.5 Å². The molecule has 2 unspecified atom stereocenters. The van der Waals surface area contributed by atoms with Crippen molar-refractivity contribution in [3.05, 3.63) is 71.5 Å². The summed E-state index contributed by atoms with van der Waals surface area (Å²) < 4.78 is 13.4. The van der Waals surface area contributed by atoms with E-state index < -0.39 is 23.9 Å². The molecule has 0 aliphatic heterocycles. The summed E-state index contributed by atoms with van der Waals surface area (Å²) in [5.74, 6) is -1.02. The average Bonchev–Trinajstić information content (AvgIpc) is 2.48. The number of aliphatic hydroxyl groups is 1. The summed E-state index contributed by atoms with van der Waals surface area (Å²) in [6, 6.07) is 14.1. The lowest BCUT2D eigenvalue weighted by molar-refractivity contribution is -0.123. The fraction of sp³-hybridized carbons (Fsp3) is 0.235. The number of nitrogens with two attached hydrogens (primary N) is 1. The van der Waals surface area contributed by atoms with Gasteiger partial charge in [0, 0.05) is 6.54 Å². The predicted molar refractivity (Wildman–Crippen MR) is 82.4 cm³/mol. The Morgan fingerprint density at radius 3 is 2.41 bits per heavy atom. The van der Waals surface area contributed by atoms with E-state index in [2.05, 4.69) is 0 Å². The van der Waals surface area contributed by atoms with Crippen molar-refractivity contribution >= 4 is 5.91 Å². The molecule has 1 amide bonds. The fourth-order valence-electron chi connectivity index (χ4n) is 2.47. The molecule has 0 aliphatic carbocycles. The van der Waals surface area contributed by atoms with Gasteiger partial charge in [-0.25, -0.2) is 4.39 Å². The Morgan fingerprint density at radius 1 is 1.18 bits per heavy atom. The molecular formula is C17H19FN2O2. The summed E-state index contributed by atoms with van der Waals surface area (Å²) in [4.78, 5) is 13.4. The standard InChI is InChI=1S/C17H19FN2O2/c1-20(11-15(21)12-6-3-2-4-7-12)16(17(19)22)13-8-5-9-14(18)10-13/h2-10,15-16,21H,11H2,1H3,(H2,19,22). The van der Waals surface area contributed by atoms with Gasteiger partial charge in [-0.15, -0.1) is 0 Å². The van der Waals surface area contributed by atoms with Crippen molar-refractivity contribution in [3.63, 3.8) is 0 Å². The van der Waals surface area contributed by atoms with Gasteiger partial charge in [-0.3, -0.25) is 9.69 Å². The molecule has 2 rings (SSSR count). The molecule has 0 heterocycles. The molecule has 4 nitrogen and oxygen atoms in total. The third kappa shape index (κ3) is 3.90. The fourth-order valence-corrected chi connectivity index (χ4v) is 2.47. The summed E-state index contributed by atoms with van der Waals surface area (Å²) >= 11 is 0. The number of halogens is 1. The molecule has 2 atom stereocenters. The zero-order chi connectivity index (χ0) is 16.1. The van der Waals surface area contributed by atoms with E-state index in [1.165, 1.54) is 18.2 Å². The number of aliphatic hydroxyl groups excluding tert-OH is 1. The number of nitrogens with zero attached hydrogens (tertiary/aromatic N) is 1. The molecule has 0 saturated heterocycles. The number of amides is 1. The van der Waals surface area contributed by atoms with Crippen LogP contribution >= 0.6 is 0 Å². The topological polar surface area (TPSA) is 66.6 Å². The van der Waals surface area contributed by atoms with Crippen LogP contribution in [0.5, 0.6) is 0 Å². The highest BCUT2D eigenvalue weighted by atomic mass is 19.1. The number of primary amides is 1. The third-order valence-corrected chi connectivity index (χ3v) is 3.52. The number of hydrogen-bond acceptors (Lipinski definition) is 3. The van der Waals surface area contributed by atoms with Crippen molar-refractivity contribution in [2.75, 3.05) is 13.6 Å². The zero-order valence-corrected chi connectivity index (χ0v) is 12.3. The molecule has 0 spiro atoms. The molecule has 5 heteroatoms. The Labute approximate surface area is 129 Å². The number of likely N-dealkylation sites (N-methyl/N-ethyl adjacent to an activating group) is 1. The van der Waals surface area contributed by atoms with E-state index in [1.807, 2.05) is 18.2 Å². The minimum absolute atomic E-state index is 0.203. The lowest BCUT2D eigenvalue weighted by Gasteiger charge is -2.28. The van der Waals surface area contributed by atoms with Crippen molar-refractivity contribution in [1.29, 1.82) is 0 Å². The van der Waals surface area contributed by atoms with Crippen molar-refractivity contribution in [3.8, 4) is 0 Å². The van der Waals surface area contributed by atoms with Gasteiger partial charge in [0.15, 0.2) is 0 Å². The average molecular weight is 302 g/mol. The Morgan fingerprint density at radius 2 is 1.82 bits per heavy atom. The second-order valence-electron chi connectivity index (χ2n) is 5.23. The highest BCUT2D eigenvalue weighted by Crippen LogP contribution is 2.23. The first-order chi connectivity index (χ1) is 10.5. The van der Waals surface area contributed by atoms with Crippen LogP contribution in [0.4, 0.5) is 4.39 Å². The Bertz CT molecular complexity index is 634. The molecule has 0 bridgehead atoms. The van der Waals surface area contributed by atoms with Crippen LogP contribution in [0.25, 0.3) is 0 Å². The van der Waals surface area contributed by atoms with Gasteiger partial charge in [-0.1, -0.05) is 42.5 Å². The van der Waals surface area contributed by atoms with E-state index in [4.69, 9.17) is 5.73 Å². The summed E-state index contributed by atoms with van der Waals surface area (Å²) in [5, 5.41) is 10.3. The molecule has 0 aliphatic rings. The second kappa shape index (κ2) is 7.15.